The molecule has 40 heavy (non-hydrogen) atoms. The van der Waals surface area contributed by atoms with E-state index in [1.54, 1.807) is 0 Å². The van der Waals surface area contributed by atoms with Crippen LogP contribution in [0.5, 0.6) is 0 Å². The van der Waals surface area contributed by atoms with Gasteiger partial charge in [-0.3, -0.25) is 9.59 Å². The quantitative estimate of drug-likeness (QED) is 0.266. The highest BCUT2D eigenvalue weighted by atomic mass is 16.5. The second-order valence-corrected chi connectivity index (χ2v) is 10.5. The van der Waals surface area contributed by atoms with Gasteiger partial charge in [0.25, 0.3) is 11.7 Å². The number of benzene rings is 1. The van der Waals surface area contributed by atoms with E-state index in [2.05, 4.69) is 40.2 Å². The lowest BCUT2D eigenvalue weighted by molar-refractivity contribution is -0.112. The molecule has 0 aliphatic carbocycles. The van der Waals surface area contributed by atoms with E-state index < -0.39 is 11.7 Å². The van der Waals surface area contributed by atoms with Gasteiger partial charge in [-0.05, 0) is 85.3 Å². The number of aromatic nitrogens is 2. The average Bonchev–Trinajstić information content (AvgIpc) is 3.41. The van der Waals surface area contributed by atoms with Gasteiger partial charge in [-0.2, -0.15) is 0 Å². The van der Waals surface area contributed by atoms with Crippen LogP contribution in [0.15, 0.2) is 72.9 Å². The molecule has 6 rings (SSSR count). The van der Waals surface area contributed by atoms with E-state index in [-0.39, 0.29) is 5.92 Å². The molecule has 4 aromatic rings. The van der Waals surface area contributed by atoms with Crippen molar-refractivity contribution in [1.82, 2.24) is 9.38 Å². The van der Waals surface area contributed by atoms with Crippen molar-refractivity contribution in [2.24, 2.45) is 0 Å². The topological polar surface area (TPSA) is 79.2 Å². The first-order valence-corrected chi connectivity index (χ1v) is 14.2. The lowest BCUT2D eigenvalue weighted by Gasteiger charge is -2.37. The van der Waals surface area contributed by atoms with E-state index in [9.17, 15) is 9.59 Å². The first-order valence-electron chi connectivity index (χ1n) is 14.2. The molecule has 0 radical (unpaired) electrons. The Kier molecular flexibility index (Phi) is 7.51. The molecule has 1 aromatic carbocycles. The molecule has 206 valence electrons. The number of piperazine rings is 1. The first kappa shape index (κ1) is 26.1. The number of aryl methyl sites for hydroxylation is 1. The molecule has 1 amide bonds. The van der Waals surface area contributed by atoms with E-state index in [1.807, 2.05) is 59.1 Å². The molecule has 8 nitrogen and oxygen atoms in total. The number of rotatable bonds is 7. The fraction of sp³-hybridized carbons (Fsp3) is 0.344. The van der Waals surface area contributed by atoms with Crippen LogP contribution in [0.25, 0.3) is 5.52 Å². The van der Waals surface area contributed by atoms with E-state index in [0.717, 1.165) is 73.7 Å². The van der Waals surface area contributed by atoms with Crippen molar-refractivity contribution in [3.8, 4) is 0 Å². The third-order valence-electron chi connectivity index (χ3n) is 8.04. The van der Waals surface area contributed by atoms with Crippen molar-refractivity contribution in [1.29, 1.82) is 0 Å². The zero-order valence-electron chi connectivity index (χ0n) is 22.9. The Balaban J connectivity index is 1.12. The highest BCUT2D eigenvalue weighted by Gasteiger charge is 2.29. The Morgan fingerprint density at radius 3 is 2.42 bits per heavy atom. The third kappa shape index (κ3) is 5.31. The number of nitrogens with one attached hydrogen (secondary N) is 1. The normalized spacial score (nSPS) is 16.3. The van der Waals surface area contributed by atoms with Crippen LogP contribution >= 0.6 is 0 Å². The molecule has 2 saturated heterocycles. The van der Waals surface area contributed by atoms with Gasteiger partial charge in [-0.15, -0.1) is 0 Å². The summed E-state index contributed by atoms with van der Waals surface area (Å²) in [7, 11) is 0. The number of hydrogen-bond donors (Lipinski definition) is 1. The molecular weight excluding hydrogens is 502 g/mol. The number of anilines is 3. The molecule has 1 N–H and O–H groups in total. The summed E-state index contributed by atoms with van der Waals surface area (Å²) in [5.41, 5.74) is 5.11. The molecule has 0 unspecified atom stereocenters. The van der Waals surface area contributed by atoms with E-state index in [0.29, 0.717) is 24.6 Å². The summed E-state index contributed by atoms with van der Waals surface area (Å²) in [6.07, 6.45) is 4.47. The highest BCUT2D eigenvalue weighted by molar-refractivity contribution is 6.46. The molecule has 2 fully saturated rings. The van der Waals surface area contributed by atoms with Crippen molar-refractivity contribution in [2.45, 2.75) is 32.1 Å². The maximum atomic E-state index is 13.5. The summed E-state index contributed by atoms with van der Waals surface area (Å²) in [5.74, 6) is 0.0953. The predicted octanol–water partition coefficient (Wildman–Crippen LogP) is 4.94. The first-order chi connectivity index (χ1) is 19.6. The molecule has 0 bridgehead atoms. The lowest BCUT2D eigenvalue weighted by atomic mass is 9.90. The minimum atomic E-state index is -0.625. The molecule has 3 aromatic heterocycles. The van der Waals surface area contributed by atoms with Crippen LogP contribution < -0.4 is 15.1 Å². The molecular formula is C32H35N5O3. The molecule has 0 spiro atoms. The monoisotopic (exact) mass is 537 g/mol. The Bertz CT molecular complexity index is 1500. The van der Waals surface area contributed by atoms with Gasteiger partial charge >= 0.3 is 0 Å². The van der Waals surface area contributed by atoms with Gasteiger partial charge in [0, 0.05) is 68.2 Å². The molecule has 2 aliphatic heterocycles. The number of ketones is 1. The Morgan fingerprint density at radius 1 is 0.925 bits per heavy atom. The van der Waals surface area contributed by atoms with Crippen LogP contribution in [0.3, 0.4) is 0 Å². The number of fused-ring (bicyclic) bond motifs is 1. The number of carbonyl (C=O) groups is 2. The largest absolute Gasteiger partial charge is 0.381 e. The zero-order valence-corrected chi connectivity index (χ0v) is 22.9. The minimum Gasteiger partial charge on any atom is -0.381 e. The third-order valence-corrected chi connectivity index (χ3v) is 8.04. The van der Waals surface area contributed by atoms with Crippen molar-refractivity contribution < 1.29 is 14.3 Å². The SMILES string of the molecule is CCc1cccc(N2CCN(c3ccc(NC(=O)C(=O)c4c(C5CCOCC5)cc5ccccn45)cc3)CC2)n1. The van der Waals surface area contributed by atoms with E-state index >= 15 is 0 Å². The van der Waals surface area contributed by atoms with Crippen LogP contribution in [0.4, 0.5) is 17.2 Å². The fourth-order valence-corrected chi connectivity index (χ4v) is 5.79. The van der Waals surface area contributed by atoms with Crippen LogP contribution in [0.1, 0.15) is 47.4 Å². The summed E-state index contributed by atoms with van der Waals surface area (Å²) in [5, 5.41) is 2.83. The molecule has 8 heteroatoms. The van der Waals surface area contributed by atoms with Crippen molar-refractivity contribution in [3.63, 3.8) is 0 Å². The minimum absolute atomic E-state index is 0.200. The van der Waals surface area contributed by atoms with Gasteiger partial charge in [0.15, 0.2) is 0 Å². The summed E-state index contributed by atoms with van der Waals surface area (Å²) >= 11 is 0. The van der Waals surface area contributed by atoms with Crippen molar-refractivity contribution in [3.05, 3.63) is 89.9 Å². The molecule has 0 atom stereocenters. The van der Waals surface area contributed by atoms with Crippen LogP contribution in [-0.4, -0.2) is 60.5 Å². The van der Waals surface area contributed by atoms with Gasteiger partial charge in [0.05, 0.1) is 0 Å². The maximum absolute atomic E-state index is 13.5. The second kappa shape index (κ2) is 11.5. The van der Waals surface area contributed by atoms with Gasteiger partial charge in [0.1, 0.15) is 11.5 Å². The second-order valence-electron chi connectivity index (χ2n) is 10.5. The number of amides is 1. The summed E-state index contributed by atoms with van der Waals surface area (Å²) < 4.78 is 7.37. The zero-order chi connectivity index (χ0) is 27.5. The number of pyridine rings is 2. The van der Waals surface area contributed by atoms with Crippen LogP contribution in [0, 0.1) is 0 Å². The smallest absolute Gasteiger partial charge is 0.298 e. The summed E-state index contributed by atoms with van der Waals surface area (Å²) in [6, 6.07) is 21.8. The Labute approximate surface area is 234 Å². The van der Waals surface area contributed by atoms with Gasteiger partial charge in [0.2, 0.25) is 0 Å². The average molecular weight is 538 g/mol. The molecule has 5 heterocycles. The highest BCUT2D eigenvalue weighted by Crippen LogP contribution is 2.32. The van der Waals surface area contributed by atoms with Crippen LogP contribution in [0.2, 0.25) is 0 Å². The van der Waals surface area contributed by atoms with Crippen molar-refractivity contribution >= 4 is 34.4 Å². The van der Waals surface area contributed by atoms with Gasteiger partial charge in [-0.1, -0.05) is 19.1 Å². The molecule has 0 saturated carbocycles. The number of ether oxygens (including phenoxy) is 1. The van der Waals surface area contributed by atoms with E-state index in [1.165, 1.54) is 0 Å². The molecule has 2 aliphatic rings. The van der Waals surface area contributed by atoms with Gasteiger partial charge < -0.3 is 24.3 Å². The predicted molar refractivity (Wildman–Crippen MR) is 158 cm³/mol. The van der Waals surface area contributed by atoms with Crippen LogP contribution in [-0.2, 0) is 16.0 Å². The number of Topliss-reactive ketones (excluding diaryl/α,β-unsaturated/α-hetero) is 1. The summed E-state index contributed by atoms with van der Waals surface area (Å²) in [4.78, 5) is 36.1. The maximum Gasteiger partial charge on any atom is 0.298 e. The lowest BCUT2D eigenvalue weighted by Crippen LogP contribution is -2.46. The number of carbonyl (C=O) groups excluding carboxylic acids is 2. The standard InChI is InChI=1S/C32H35N5O3/c1-2-24-6-5-8-29(33-24)36-18-16-35(17-19-36)26-11-9-25(10-12-26)34-32(39)31(38)30-28(23-13-20-40-21-14-23)22-27-7-3-4-15-37(27)30/h3-12,15,22-23H,2,13-14,16-21H2,1H3,(H,34,39). The summed E-state index contributed by atoms with van der Waals surface area (Å²) in [6.45, 7) is 7.03. The van der Waals surface area contributed by atoms with Gasteiger partial charge in [-0.25, -0.2) is 4.98 Å². The van der Waals surface area contributed by atoms with Crippen molar-refractivity contribution in [2.75, 3.05) is 54.5 Å². The number of hydrogen-bond acceptors (Lipinski definition) is 6. The Morgan fingerprint density at radius 2 is 1.68 bits per heavy atom. The Hall–Kier alpha value is -4.17. The number of nitrogens with zero attached hydrogens (tertiary/aromatic N) is 4. The fourth-order valence-electron chi connectivity index (χ4n) is 5.79. The van der Waals surface area contributed by atoms with E-state index in [4.69, 9.17) is 9.72 Å².